The number of carbonyl (C=O) groups is 2. The van der Waals surface area contributed by atoms with Gasteiger partial charge in [0.2, 0.25) is 0 Å². The van der Waals surface area contributed by atoms with Gasteiger partial charge in [0, 0.05) is 29.1 Å². The van der Waals surface area contributed by atoms with Gasteiger partial charge in [-0.15, -0.1) is 22.7 Å². The number of ether oxygens (including phenoxy) is 1. The lowest BCUT2D eigenvalue weighted by molar-refractivity contribution is 0.102. The molecule has 4 heterocycles. The first-order valence-electron chi connectivity index (χ1n) is 14.2. The normalized spacial score (nSPS) is 14.7. The maximum absolute atomic E-state index is 13.6. The Labute approximate surface area is 262 Å². The highest BCUT2D eigenvalue weighted by molar-refractivity contribution is 7.92. The summed E-state index contributed by atoms with van der Waals surface area (Å²) in [6.07, 6.45) is 1.80. The van der Waals surface area contributed by atoms with E-state index in [4.69, 9.17) is 9.72 Å². The minimum Gasteiger partial charge on any atom is -0.453 e. The van der Waals surface area contributed by atoms with Crippen LogP contribution in [0.3, 0.4) is 0 Å². The number of thiazole rings is 1. The number of benzene rings is 3. The summed E-state index contributed by atoms with van der Waals surface area (Å²) in [7, 11) is -2.43. The van der Waals surface area contributed by atoms with Crippen molar-refractivity contribution in [1.82, 2.24) is 9.88 Å². The van der Waals surface area contributed by atoms with E-state index in [0.717, 1.165) is 49.6 Å². The Morgan fingerprint density at radius 2 is 1.70 bits per heavy atom. The quantitative estimate of drug-likeness (QED) is 0.233. The first-order chi connectivity index (χ1) is 21.3. The first kappa shape index (κ1) is 28.5. The van der Waals surface area contributed by atoms with E-state index in [0.29, 0.717) is 42.3 Å². The predicted molar refractivity (Wildman–Crippen MR) is 173 cm³/mol. The van der Waals surface area contributed by atoms with E-state index in [2.05, 4.69) is 5.32 Å². The molecule has 3 aromatic carbocycles. The van der Waals surface area contributed by atoms with Crippen molar-refractivity contribution in [3.05, 3.63) is 94.4 Å². The Morgan fingerprint density at radius 1 is 0.932 bits per heavy atom. The van der Waals surface area contributed by atoms with E-state index < -0.39 is 10.0 Å². The molecule has 44 heavy (non-hydrogen) atoms. The molecule has 0 saturated carbocycles. The molecule has 0 atom stereocenters. The molecule has 5 aromatic rings. The van der Waals surface area contributed by atoms with Gasteiger partial charge in [-0.25, -0.2) is 18.2 Å². The molecule has 9 nitrogen and oxygen atoms in total. The number of anilines is 2. The number of carbonyl (C=O) groups excluding carboxylic acids is 2. The number of thiophene rings is 1. The summed E-state index contributed by atoms with van der Waals surface area (Å²) in [4.78, 5) is 33.4. The SMILES string of the molecule is COC(=O)N1CCc2c(sc(NC(=O)c3ccc(S(=O)(=O)N4CCCc5ccccc54)cc3)c2-c2nc3ccccc3s2)C1. The van der Waals surface area contributed by atoms with Crippen LogP contribution in [0.5, 0.6) is 0 Å². The van der Waals surface area contributed by atoms with Crippen molar-refractivity contribution in [2.75, 3.05) is 29.8 Å². The van der Waals surface area contributed by atoms with Crippen molar-refractivity contribution in [1.29, 1.82) is 0 Å². The lowest BCUT2D eigenvalue weighted by Gasteiger charge is -2.30. The van der Waals surface area contributed by atoms with Crippen molar-refractivity contribution in [3.8, 4) is 10.6 Å². The van der Waals surface area contributed by atoms with Crippen molar-refractivity contribution in [2.45, 2.75) is 30.7 Å². The summed E-state index contributed by atoms with van der Waals surface area (Å²) in [5, 5.41) is 4.52. The van der Waals surface area contributed by atoms with Gasteiger partial charge >= 0.3 is 6.09 Å². The third kappa shape index (κ3) is 5.02. The van der Waals surface area contributed by atoms with Crippen LogP contribution in [-0.4, -0.2) is 50.5 Å². The summed E-state index contributed by atoms with van der Waals surface area (Å²) in [5.41, 5.74) is 4.86. The summed E-state index contributed by atoms with van der Waals surface area (Å²) >= 11 is 2.98. The molecule has 0 saturated heterocycles. The fourth-order valence-electron chi connectivity index (χ4n) is 5.81. The number of rotatable bonds is 5. The van der Waals surface area contributed by atoms with Gasteiger partial charge in [-0.2, -0.15) is 0 Å². The molecule has 7 rings (SSSR count). The number of hydrogen-bond donors (Lipinski definition) is 1. The number of methoxy groups -OCH3 is 1. The third-order valence-corrected chi connectivity index (χ3v) is 12.0. The van der Waals surface area contributed by atoms with E-state index >= 15 is 0 Å². The van der Waals surface area contributed by atoms with Gasteiger partial charge in [-0.05, 0) is 72.9 Å². The van der Waals surface area contributed by atoms with Crippen molar-refractivity contribution in [2.24, 2.45) is 0 Å². The molecule has 224 valence electrons. The molecule has 0 aliphatic carbocycles. The topological polar surface area (TPSA) is 109 Å². The largest absolute Gasteiger partial charge is 0.453 e. The number of sulfonamides is 1. The average molecular weight is 645 g/mol. The smallest absolute Gasteiger partial charge is 0.409 e. The molecule has 2 aliphatic heterocycles. The standard InChI is InChI=1S/C32H28N4O5S3/c1-41-32(38)35-18-16-23-27(19-35)43-31(28(23)30-33-24-9-3-5-11-26(24)42-30)34-29(37)21-12-14-22(15-13-21)44(39,40)36-17-6-8-20-7-2-4-10-25(20)36/h2-5,7,9-15H,6,8,16-19H2,1H3,(H,34,37). The Bertz CT molecular complexity index is 1980. The molecule has 0 unspecified atom stereocenters. The number of fused-ring (bicyclic) bond motifs is 3. The fraction of sp³-hybridized carbons (Fsp3) is 0.219. The minimum absolute atomic E-state index is 0.135. The highest BCUT2D eigenvalue weighted by atomic mass is 32.2. The highest BCUT2D eigenvalue weighted by Gasteiger charge is 2.31. The Hall–Kier alpha value is -4.26. The Kier molecular flexibility index (Phi) is 7.35. The first-order valence-corrected chi connectivity index (χ1v) is 17.3. The molecule has 2 amide bonds. The van der Waals surface area contributed by atoms with Crippen LogP contribution < -0.4 is 9.62 Å². The van der Waals surface area contributed by atoms with Crippen molar-refractivity contribution < 1.29 is 22.7 Å². The molecule has 1 N–H and O–H groups in total. The Balaban J connectivity index is 1.19. The van der Waals surface area contributed by atoms with Crippen molar-refractivity contribution >= 4 is 65.6 Å². The third-order valence-electron chi connectivity index (χ3n) is 8.00. The summed E-state index contributed by atoms with van der Waals surface area (Å²) in [5.74, 6) is -0.358. The van der Waals surface area contributed by atoms with E-state index in [1.54, 1.807) is 28.4 Å². The number of amides is 2. The predicted octanol–water partition coefficient (Wildman–Crippen LogP) is 6.54. The number of aryl methyl sites for hydroxylation is 1. The van der Waals surface area contributed by atoms with Gasteiger partial charge in [-0.3, -0.25) is 9.10 Å². The van der Waals surface area contributed by atoms with E-state index in [9.17, 15) is 18.0 Å². The van der Waals surface area contributed by atoms with Crippen LogP contribution in [0.25, 0.3) is 20.8 Å². The van der Waals surface area contributed by atoms with Crippen LogP contribution in [0.15, 0.2) is 77.7 Å². The summed E-state index contributed by atoms with van der Waals surface area (Å²) in [6.45, 7) is 1.29. The summed E-state index contributed by atoms with van der Waals surface area (Å²) < 4.78 is 34.6. The number of nitrogens with one attached hydrogen (secondary N) is 1. The molecular weight excluding hydrogens is 617 g/mol. The maximum Gasteiger partial charge on any atom is 0.409 e. The fourth-order valence-corrected chi connectivity index (χ4v) is 9.72. The monoisotopic (exact) mass is 644 g/mol. The van der Waals surface area contributed by atoms with Crippen LogP contribution in [0.2, 0.25) is 0 Å². The maximum atomic E-state index is 13.6. The van der Waals surface area contributed by atoms with Gasteiger partial charge in [0.25, 0.3) is 15.9 Å². The molecule has 2 aromatic heterocycles. The zero-order chi connectivity index (χ0) is 30.4. The van der Waals surface area contributed by atoms with E-state index in [-0.39, 0.29) is 16.9 Å². The molecular formula is C32H28N4O5S3. The number of hydrogen-bond acceptors (Lipinski definition) is 8. The highest BCUT2D eigenvalue weighted by Crippen LogP contribution is 2.46. The number of aromatic nitrogens is 1. The second kappa shape index (κ2) is 11.3. The van der Waals surface area contributed by atoms with Crippen molar-refractivity contribution in [3.63, 3.8) is 0 Å². The molecule has 2 aliphatic rings. The molecule has 0 radical (unpaired) electrons. The van der Waals surface area contributed by atoms with Gasteiger partial charge in [0.1, 0.15) is 10.0 Å². The lowest BCUT2D eigenvalue weighted by atomic mass is 10.0. The summed E-state index contributed by atoms with van der Waals surface area (Å²) in [6, 6.07) is 21.5. The Morgan fingerprint density at radius 3 is 2.50 bits per heavy atom. The number of para-hydroxylation sites is 2. The van der Waals surface area contributed by atoms with E-state index in [1.807, 2.05) is 48.5 Å². The molecule has 0 bridgehead atoms. The number of nitrogens with zero attached hydrogens (tertiary/aromatic N) is 3. The van der Waals surface area contributed by atoms with Crippen LogP contribution in [0.4, 0.5) is 15.5 Å². The van der Waals surface area contributed by atoms with Gasteiger partial charge in [0.05, 0.1) is 34.5 Å². The second-order valence-electron chi connectivity index (χ2n) is 10.6. The van der Waals surface area contributed by atoms with Crippen LogP contribution >= 0.6 is 22.7 Å². The van der Waals surface area contributed by atoms with E-state index in [1.165, 1.54) is 34.9 Å². The molecule has 0 fully saturated rings. The second-order valence-corrected chi connectivity index (χ2v) is 14.6. The van der Waals surface area contributed by atoms with Gasteiger partial charge in [0.15, 0.2) is 0 Å². The minimum atomic E-state index is -3.79. The van der Waals surface area contributed by atoms with Crippen LogP contribution in [0.1, 0.15) is 32.8 Å². The molecule has 12 heteroatoms. The average Bonchev–Trinajstić information content (AvgIpc) is 3.64. The van der Waals surface area contributed by atoms with Gasteiger partial charge in [-0.1, -0.05) is 30.3 Å². The molecule has 0 spiro atoms. The van der Waals surface area contributed by atoms with Crippen LogP contribution in [-0.2, 0) is 34.1 Å². The zero-order valence-electron chi connectivity index (χ0n) is 23.8. The van der Waals surface area contributed by atoms with Crippen LogP contribution in [0, 0.1) is 0 Å². The lowest BCUT2D eigenvalue weighted by Crippen LogP contribution is -2.35. The zero-order valence-corrected chi connectivity index (χ0v) is 26.2. The van der Waals surface area contributed by atoms with Gasteiger partial charge < -0.3 is 15.0 Å².